The van der Waals surface area contributed by atoms with Crippen molar-refractivity contribution in [1.82, 2.24) is 9.78 Å². The number of halogens is 2. The van der Waals surface area contributed by atoms with Gasteiger partial charge < -0.3 is 5.73 Å². The molecule has 0 radical (unpaired) electrons. The van der Waals surface area contributed by atoms with Crippen molar-refractivity contribution in [3.63, 3.8) is 0 Å². The van der Waals surface area contributed by atoms with Crippen molar-refractivity contribution >= 4 is 29.0 Å². The van der Waals surface area contributed by atoms with Gasteiger partial charge in [0.05, 0.1) is 16.8 Å². The Bertz CT molecular complexity index is 563. The van der Waals surface area contributed by atoms with E-state index in [1.807, 2.05) is 16.8 Å². The summed E-state index contributed by atoms with van der Waals surface area (Å²) in [7, 11) is 0. The molecule has 0 amide bonds. The van der Waals surface area contributed by atoms with Gasteiger partial charge >= 0.3 is 0 Å². The molecule has 0 spiro atoms. The van der Waals surface area contributed by atoms with E-state index in [0.29, 0.717) is 15.9 Å². The second-order valence-electron chi connectivity index (χ2n) is 4.28. The number of nitrogens with zero attached hydrogens (tertiary/aromatic N) is 2. The molecule has 0 bridgehead atoms. The molecule has 96 valence electrons. The fourth-order valence-electron chi connectivity index (χ4n) is 1.76. The summed E-state index contributed by atoms with van der Waals surface area (Å²) < 4.78 is 1.82. The van der Waals surface area contributed by atoms with E-state index in [4.69, 9.17) is 28.9 Å². The maximum absolute atomic E-state index is 6.16. The number of nitrogen functional groups attached to an aromatic ring is 1. The smallest absolute Gasteiger partial charge is 0.122 e. The summed E-state index contributed by atoms with van der Waals surface area (Å²) in [6.07, 6.45) is 0.972. The van der Waals surface area contributed by atoms with Crippen molar-refractivity contribution in [2.24, 2.45) is 0 Å². The van der Waals surface area contributed by atoms with Crippen molar-refractivity contribution in [2.45, 2.75) is 26.3 Å². The van der Waals surface area contributed by atoms with Crippen LogP contribution in [0.4, 0.5) is 5.82 Å². The van der Waals surface area contributed by atoms with Crippen molar-refractivity contribution in [3.05, 3.63) is 34.3 Å². The number of hydrogen-bond donors (Lipinski definition) is 1. The van der Waals surface area contributed by atoms with Gasteiger partial charge in [-0.25, -0.2) is 4.68 Å². The molecule has 1 heterocycles. The molecule has 0 aliphatic heterocycles. The van der Waals surface area contributed by atoms with E-state index in [2.05, 4.69) is 18.9 Å². The van der Waals surface area contributed by atoms with E-state index in [-0.39, 0.29) is 6.04 Å². The Hall–Kier alpha value is -1.19. The van der Waals surface area contributed by atoms with E-state index >= 15 is 0 Å². The van der Waals surface area contributed by atoms with Crippen molar-refractivity contribution in [1.29, 1.82) is 0 Å². The topological polar surface area (TPSA) is 43.8 Å². The molecule has 0 saturated carbocycles. The lowest BCUT2D eigenvalue weighted by molar-refractivity contribution is 0.486. The van der Waals surface area contributed by atoms with E-state index in [1.165, 1.54) is 0 Å². The van der Waals surface area contributed by atoms with Crippen LogP contribution in [0.25, 0.3) is 11.3 Å². The highest BCUT2D eigenvalue weighted by atomic mass is 35.5. The molecule has 0 fully saturated rings. The van der Waals surface area contributed by atoms with E-state index in [1.54, 1.807) is 12.1 Å². The number of nitrogens with two attached hydrogens (primary N) is 1. The predicted octanol–water partition coefficient (Wildman–Crippen LogP) is 4.41. The van der Waals surface area contributed by atoms with Gasteiger partial charge in [0.25, 0.3) is 0 Å². The Morgan fingerprint density at radius 3 is 2.67 bits per heavy atom. The molecule has 1 aromatic carbocycles. The molecule has 5 heteroatoms. The van der Waals surface area contributed by atoms with Crippen molar-refractivity contribution in [3.8, 4) is 11.3 Å². The largest absolute Gasteiger partial charge is 0.384 e. The highest BCUT2D eigenvalue weighted by Crippen LogP contribution is 2.31. The van der Waals surface area contributed by atoms with E-state index in [0.717, 1.165) is 17.7 Å². The number of rotatable bonds is 3. The van der Waals surface area contributed by atoms with Gasteiger partial charge in [0.15, 0.2) is 0 Å². The second kappa shape index (κ2) is 5.21. The monoisotopic (exact) mass is 283 g/mol. The number of aromatic nitrogens is 2. The Balaban J connectivity index is 2.45. The zero-order valence-corrected chi connectivity index (χ0v) is 11.8. The normalized spacial score (nSPS) is 12.7. The van der Waals surface area contributed by atoms with Gasteiger partial charge in [-0.15, -0.1) is 0 Å². The third-order valence-corrected chi connectivity index (χ3v) is 3.53. The molecule has 2 aromatic rings. The van der Waals surface area contributed by atoms with Crippen LogP contribution in [0.5, 0.6) is 0 Å². The molecule has 2 N–H and O–H groups in total. The molecule has 2 rings (SSSR count). The number of anilines is 1. The highest BCUT2D eigenvalue weighted by molar-refractivity contribution is 6.36. The average Bonchev–Trinajstić information content (AvgIpc) is 2.70. The standard InChI is InChI=1S/C13H15Cl2N3/c1-3-8(2)18-13(16)7-12(17-18)10-5-4-9(14)6-11(10)15/h4-8H,3,16H2,1-2H3. The summed E-state index contributed by atoms with van der Waals surface area (Å²) in [6, 6.07) is 7.46. The highest BCUT2D eigenvalue weighted by Gasteiger charge is 2.13. The van der Waals surface area contributed by atoms with Gasteiger partial charge in [0, 0.05) is 16.7 Å². The number of benzene rings is 1. The fourth-order valence-corrected chi connectivity index (χ4v) is 2.27. The third kappa shape index (κ3) is 2.47. The lowest BCUT2D eigenvalue weighted by Gasteiger charge is -2.10. The van der Waals surface area contributed by atoms with Crippen LogP contribution in [0.2, 0.25) is 10.0 Å². The molecule has 0 aliphatic rings. The summed E-state index contributed by atoms with van der Waals surface area (Å²) in [5.41, 5.74) is 7.58. The van der Waals surface area contributed by atoms with Crippen LogP contribution in [-0.2, 0) is 0 Å². The fraction of sp³-hybridized carbons (Fsp3) is 0.308. The zero-order valence-electron chi connectivity index (χ0n) is 10.3. The van der Waals surface area contributed by atoms with Crippen LogP contribution in [0.15, 0.2) is 24.3 Å². The van der Waals surface area contributed by atoms with Crippen LogP contribution >= 0.6 is 23.2 Å². The van der Waals surface area contributed by atoms with Crippen LogP contribution < -0.4 is 5.73 Å². The zero-order chi connectivity index (χ0) is 13.3. The first-order chi connectivity index (χ1) is 8.52. The average molecular weight is 284 g/mol. The summed E-state index contributed by atoms with van der Waals surface area (Å²) in [5, 5.41) is 5.69. The Morgan fingerprint density at radius 1 is 1.33 bits per heavy atom. The Morgan fingerprint density at radius 2 is 2.06 bits per heavy atom. The maximum Gasteiger partial charge on any atom is 0.122 e. The van der Waals surface area contributed by atoms with Crippen molar-refractivity contribution < 1.29 is 0 Å². The Kier molecular flexibility index (Phi) is 3.83. The lowest BCUT2D eigenvalue weighted by Crippen LogP contribution is -2.09. The molecule has 3 nitrogen and oxygen atoms in total. The first kappa shape index (κ1) is 13.2. The van der Waals surface area contributed by atoms with Crippen LogP contribution in [0.3, 0.4) is 0 Å². The third-order valence-electron chi connectivity index (χ3n) is 2.98. The maximum atomic E-state index is 6.16. The first-order valence-electron chi connectivity index (χ1n) is 5.83. The minimum absolute atomic E-state index is 0.268. The minimum atomic E-state index is 0.268. The quantitative estimate of drug-likeness (QED) is 0.907. The predicted molar refractivity (Wildman–Crippen MR) is 77.1 cm³/mol. The van der Waals surface area contributed by atoms with Gasteiger partial charge in [-0.1, -0.05) is 30.1 Å². The first-order valence-corrected chi connectivity index (χ1v) is 6.59. The lowest BCUT2D eigenvalue weighted by atomic mass is 10.1. The SMILES string of the molecule is CCC(C)n1nc(-c2ccc(Cl)cc2Cl)cc1N. The molecule has 0 aliphatic carbocycles. The van der Waals surface area contributed by atoms with Gasteiger partial charge in [-0.2, -0.15) is 5.10 Å². The summed E-state index contributed by atoms with van der Waals surface area (Å²) in [4.78, 5) is 0. The molecule has 1 atom stereocenters. The van der Waals surface area contributed by atoms with Gasteiger partial charge in [-0.3, -0.25) is 0 Å². The molecule has 1 unspecified atom stereocenters. The van der Waals surface area contributed by atoms with Gasteiger partial charge in [-0.05, 0) is 31.5 Å². The van der Waals surface area contributed by atoms with Gasteiger partial charge in [0.1, 0.15) is 5.82 Å². The summed E-state index contributed by atoms with van der Waals surface area (Å²) in [5.74, 6) is 0.644. The van der Waals surface area contributed by atoms with Crippen LogP contribution in [-0.4, -0.2) is 9.78 Å². The Labute approximate surface area is 117 Å². The van der Waals surface area contributed by atoms with Crippen molar-refractivity contribution in [2.75, 3.05) is 5.73 Å². The van der Waals surface area contributed by atoms with Gasteiger partial charge in [0.2, 0.25) is 0 Å². The molecular formula is C13H15Cl2N3. The second-order valence-corrected chi connectivity index (χ2v) is 5.12. The molecule has 18 heavy (non-hydrogen) atoms. The van der Waals surface area contributed by atoms with E-state index < -0.39 is 0 Å². The van der Waals surface area contributed by atoms with Crippen LogP contribution in [0.1, 0.15) is 26.3 Å². The summed E-state index contributed by atoms with van der Waals surface area (Å²) >= 11 is 12.0. The van der Waals surface area contributed by atoms with Crippen LogP contribution in [0, 0.1) is 0 Å². The molecule has 1 aromatic heterocycles. The molecular weight excluding hydrogens is 269 g/mol. The van der Waals surface area contributed by atoms with E-state index in [9.17, 15) is 0 Å². The molecule has 0 saturated heterocycles. The summed E-state index contributed by atoms with van der Waals surface area (Å²) in [6.45, 7) is 4.18. The number of hydrogen-bond acceptors (Lipinski definition) is 2. The minimum Gasteiger partial charge on any atom is -0.384 e.